The summed E-state index contributed by atoms with van der Waals surface area (Å²) in [6.45, 7) is 4.53. The maximum absolute atomic E-state index is 12.4. The van der Waals surface area contributed by atoms with Gasteiger partial charge in [-0.2, -0.15) is 0 Å². The van der Waals surface area contributed by atoms with Crippen LogP contribution in [-0.2, 0) is 5.88 Å². The smallest absolute Gasteiger partial charge is 0.253 e. The number of likely N-dealkylation sites (N-methyl/N-ethyl adjacent to an activating group) is 1. The Labute approximate surface area is 121 Å². The van der Waals surface area contributed by atoms with Gasteiger partial charge in [-0.3, -0.25) is 4.79 Å². The summed E-state index contributed by atoms with van der Waals surface area (Å²) in [5.41, 5.74) is 1.77. The minimum atomic E-state index is 0.102. The number of hydrogen-bond donors (Lipinski definition) is 0. The summed E-state index contributed by atoms with van der Waals surface area (Å²) >= 11 is 5.75. The number of carbonyl (C=O) groups is 1. The van der Waals surface area contributed by atoms with Crippen LogP contribution in [0.4, 0.5) is 0 Å². The van der Waals surface area contributed by atoms with E-state index in [-0.39, 0.29) is 5.91 Å². The molecule has 0 bridgehead atoms. The lowest BCUT2D eigenvalue weighted by atomic mass is 10.1. The molecule has 0 atom stereocenters. The number of alkyl halides is 1. The van der Waals surface area contributed by atoms with E-state index in [2.05, 4.69) is 11.8 Å². The van der Waals surface area contributed by atoms with Gasteiger partial charge in [-0.1, -0.05) is 19.1 Å². The molecule has 4 heteroatoms. The molecule has 1 aromatic carbocycles. The molecule has 0 fully saturated rings. The predicted octanol–water partition coefficient (Wildman–Crippen LogP) is 2.84. The summed E-state index contributed by atoms with van der Waals surface area (Å²) in [7, 11) is 4.04. The zero-order valence-corrected chi connectivity index (χ0v) is 12.8. The molecule has 3 nitrogen and oxygen atoms in total. The van der Waals surface area contributed by atoms with Crippen LogP contribution in [0.15, 0.2) is 24.3 Å². The van der Waals surface area contributed by atoms with Crippen LogP contribution in [0.25, 0.3) is 0 Å². The van der Waals surface area contributed by atoms with Crippen LogP contribution in [0.3, 0.4) is 0 Å². The Morgan fingerprint density at radius 1 is 1.11 bits per heavy atom. The summed E-state index contributed by atoms with van der Waals surface area (Å²) in [6, 6.07) is 7.54. The Kier molecular flexibility index (Phi) is 6.89. The van der Waals surface area contributed by atoms with Crippen molar-refractivity contribution in [2.45, 2.75) is 19.2 Å². The highest BCUT2D eigenvalue weighted by molar-refractivity contribution is 6.17. The average Bonchev–Trinajstić information content (AvgIpc) is 2.42. The van der Waals surface area contributed by atoms with Crippen LogP contribution in [-0.4, -0.2) is 49.4 Å². The van der Waals surface area contributed by atoms with Crippen LogP contribution in [0.1, 0.15) is 29.3 Å². The maximum Gasteiger partial charge on any atom is 0.253 e. The lowest BCUT2D eigenvalue weighted by Gasteiger charge is -2.24. The van der Waals surface area contributed by atoms with Gasteiger partial charge in [0.05, 0.1) is 0 Å². The monoisotopic (exact) mass is 282 g/mol. The van der Waals surface area contributed by atoms with Gasteiger partial charge >= 0.3 is 0 Å². The maximum atomic E-state index is 12.4. The average molecular weight is 283 g/mol. The van der Waals surface area contributed by atoms with Crippen LogP contribution in [0, 0.1) is 0 Å². The van der Waals surface area contributed by atoms with Crippen LogP contribution >= 0.6 is 11.6 Å². The third kappa shape index (κ3) is 5.21. The van der Waals surface area contributed by atoms with E-state index in [4.69, 9.17) is 11.6 Å². The summed E-state index contributed by atoms with van der Waals surface area (Å²) in [4.78, 5) is 16.4. The molecule has 1 rings (SSSR count). The molecule has 0 heterocycles. The van der Waals surface area contributed by atoms with Crippen LogP contribution in [0.2, 0.25) is 0 Å². The second kappa shape index (κ2) is 8.18. The molecule has 19 heavy (non-hydrogen) atoms. The number of carbonyl (C=O) groups excluding carboxylic acids is 1. The zero-order chi connectivity index (χ0) is 14.3. The normalized spacial score (nSPS) is 10.8. The highest BCUT2D eigenvalue weighted by atomic mass is 35.5. The molecule has 0 spiro atoms. The van der Waals surface area contributed by atoms with Gasteiger partial charge in [-0.05, 0) is 38.2 Å². The largest absolute Gasteiger partial charge is 0.337 e. The van der Waals surface area contributed by atoms with E-state index < -0.39 is 0 Å². The van der Waals surface area contributed by atoms with Crippen molar-refractivity contribution in [3.05, 3.63) is 35.4 Å². The molecular formula is C15H23ClN2O. The second-order valence-electron chi connectivity index (χ2n) is 4.93. The molecule has 0 aliphatic heterocycles. The third-order valence-electron chi connectivity index (χ3n) is 2.95. The first kappa shape index (κ1) is 16.0. The minimum Gasteiger partial charge on any atom is -0.337 e. The molecule has 0 aliphatic rings. The van der Waals surface area contributed by atoms with Crippen LogP contribution < -0.4 is 0 Å². The Morgan fingerprint density at radius 2 is 1.74 bits per heavy atom. The molecule has 0 aliphatic carbocycles. The Hall–Kier alpha value is -1.06. The van der Waals surface area contributed by atoms with Crippen molar-refractivity contribution in [1.82, 2.24) is 9.80 Å². The van der Waals surface area contributed by atoms with Crippen molar-refractivity contribution in [3.63, 3.8) is 0 Å². The van der Waals surface area contributed by atoms with E-state index in [1.54, 1.807) is 0 Å². The van der Waals surface area contributed by atoms with Crippen molar-refractivity contribution in [2.75, 3.05) is 33.7 Å². The topological polar surface area (TPSA) is 23.6 Å². The zero-order valence-electron chi connectivity index (χ0n) is 12.0. The Morgan fingerprint density at radius 3 is 2.21 bits per heavy atom. The van der Waals surface area contributed by atoms with Gasteiger partial charge < -0.3 is 9.80 Å². The van der Waals surface area contributed by atoms with Crippen molar-refractivity contribution in [1.29, 1.82) is 0 Å². The molecule has 0 unspecified atom stereocenters. The molecule has 0 saturated heterocycles. The first-order valence-corrected chi connectivity index (χ1v) is 7.20. The van der Waals surface area contributed by atoms with Gasteiger partial charge in [0.2, 0.25) is 0 Å². The molecule has 106 valence electrons. The quantitative estimate of drug-likeness (QED) is 0.718. The highest BCUT2D eigenvalue weighted by Crippen LogP contribution is 2.10. The highest BCUT2D eigenvalue weighted by Gasteiger charge is 2.14. The van der Waals surface area contributed by atoms with Crippen molar-refractivity contribution in [2.24, 2.45) is 0 Å². The van der Waals surface area contributed by atoms with E-state index in [0.29, 0.717) is 5.88 Å². The fourth-order valence-corrected chi connectivity index (χ4v) is 2.00. The molecular weight excluding hydrogens is 260 g/mol. The number of nitrogens with zero attached hydrogens (tertiary/aromatic N) is 2. The molecule has 0 N–H and O–H groups in total. The predicted molar refractivity (Wildman–Crippen MR) is 80.7 cm³/mol. The second-order valence-corrected chi connectivity index (χ2v) is 5.19. The molecule has 0 saturated carbocycles. The van der Waals surface area contributed by atoms with Gasteiger partial charge in [0.1, 0.15) is 0 Å². The first-order valence-electron chi connectivity index (χ1n) is 6.67. The van der Waals surface area contributed by atoms with E-state index in [0.717, 1.165) is 37.2 Å². The lowest BCUT2D eigenvalue weighted by molar-refractivity contribution is 0.0745. The first-order chi connectivity index (χ1) is 9.08. The van der Waals surface area contributed by atoms with Gasteiger partial charge in [0, 0.05) is 31.1 Å². The van der Waals surface area contributed by atoms with Gasteiger partial charge in [-0.25, -0.2) is 0 Å². The minimum absolute atomic E-state index is 0.102. The number of amides is 1. The van der Waals surface area contributed by atoms with E-state index >= 15 is 0 Å². The summed E-state index contributed by atoms with van der Waals surface area (Å²) < 4.78 is 0. The Bertz CT molecular complexity index is 390. The van der Waals surface area contributed by atoms with Crippen molar-refractivity contribution in [3.8, 4) is 0 Å². The third-order valence-corrected chi connectivity index (χ3v) is 3.26. The van der Waals surface area contributed by atoms with Crippen LogP contribution in [0.5, 0.6) is 0 Å². The number of halogens is 1. The van der Waals surface area contributed by atoms with Gasteiger partial charge in [-0.15, -0.1) is 11.6 Å². The summed E-state index contributed by atoms with van der Waals surface area (Å²) in [5, 5.41) is 0. The van der Waals surface area contributed by atoms with Gasteiger partial charge in [0.25, 0.3) is 5.91 Å². The fraction of sp³-hybridized carbons (Fsp3) is 0.533. The SMILES string of the molecule is CCCN(CCN(C)C)C(=O)c1ccc(CCl)cc1. The van der Waals surface area contributed by atoms with Gasteiger partial charge in [0.15, 0.2) is 0 Å². The summed E-state index contributed by atoms with van der Waals surface area (Å²) in [6.07, 6.45) is 0.971. The number of hydrogen-bond acceptors (Lipinski definition) is 2. The number of rotatable bonds is 7. The van der Waals surface area contributed by atoms with E-state index in [1.807, 2.05) is 43.3 Å². The molecule has 0 aromatic heterocycles. The lowest BCUT2D eigenvalue weighted by Crippen LogP contribution is -2.37. The molecule has 0 radical (unpaired) electrons. The fourth-order valence-electron chi connectivity index (χ4n) is 1.82. The Balaban J connectivity index is 2.73. The van der Waals surface area contributed by atoms with Crippen molar-refractivity contribution >= 4 is 17.5 Å². The van der Waals surface area contributed by atoms with E-state index in [9.17, 15) is 4.79 Å². The molecule has 1 amide bonds. The van der Waals surface area contributed by atoms with Crippen molar-refractivity contribution < 1.29 is 4.79 Å². The number of benzene rings is 1. The standard InChI is InChI=1S/C15H23ClN2O/c1-4-9-18(11-10-17(2)3)15(19)14-7-5-13(12-16)6-8-14/h5-8H,4,9-12H2,1-3H3. The molecule has 1 aromatic rings. The summed E-state index contributed by atoms with van der Waals surface area (Å²) in [5.74, 6) is 0.582. The van der Waals surface area contributed by atoms with E-state index in [1.165, 1.54) is 0 Å².